The van der Waals surface area contributed by atoms with Crippen molar-refractivity contribution in [2.45, 2.75) is 89.8 Å². The van der Waals surface area contributed by atoms with E-state index in [1.165, 1.54) is 16.9 Å². The molecule has 1 aliphatic heterocycles. The third kappa shape index (κ3) is 9.33. The first-order valence-corrected chi connectivity index (χ1v) is 13.9. The summed E-state index contributed by atoms with van der Waals surface area (Å²) in [5, 5.41) is 6.56. The zero-order chi connectivity index (χ0) is 26.8. The lowest BCUT2D eigenvalue weighted by atomic mass is 9.83. The fourth-order valence-electron chi connectivity index (χ4n) is 5.35. The minimum atomic E-state index is -0.637. The molecule has 0 radical (unpaired) electrons. The van der Waals surface area contributed by atoms with E-state index in [9.17, 15) is 14.4 Å². The molecular weight excluding hydrogens is 468 g/mol. The molecule has 3 rings (SSSR count). The fraction of sp³-hybridized carbons (Fsp3) is 0.690. The first kappa shape index (κ1) is 29.0. The Hall–Kier alpha value is -2.61. The Morgan fingerprint density at radius 2 is 1.76 bits per heavy atom. The van der Waals surface area contributed by atoms with E-state index in [4.69, 9.17) is 4.74 Å². The zero-order valence-corrected chi connectivity index (χ0v) is 23.1. The van der Waals surface area contributed by atoms with Crippen LogP contribution in [0.4, 0.5) is 4.79 Å². The van der Waals surface area contributed by atoms with Gasteiger partial charge in [0, 0.05) is 26.2 Å². The Morgan fingerprint density at radius 3 is 2.43 bits per heavy atom. The molecule has 3 amide bonds. The molecule has 0 bridgehead atoms. The van der Waals surface area contributed by atoms with Gasteiger partial charge < -0.3 is 25.2 Å². The molecule has 8 heteroatoms. The van der Waals surface area contributed by atoms with Gasteiger partial charge in [-0.05, 0) is 70.9 Å². The maximum atomic E-state index is 13.8. The summed E-state index contributed by atoms with van der Waals surface area (Å²) >= 11 is 0. The molecule has 0 spiro atoms. The normalized spacial score (nSPS) is 19.4. The van der Waals surface area contributed by atoms with E-state index in [1.54, 1.807) is 27.8 Å². The summed E-state index contributed by atoms with van der Waals surface area (Å²) in [7, 11) is 1.54. The number of ether oxygens (including phenoxy) is 1. The summed E-state index contributed by atoms with van der Waals surface area (Å²) in [5.41, 5.74) is 0.660. The number of amides is 3. The number of carbonyl (C=O) groups is 3. The second-order valence-electron chi connectivity index (χ2n) is 11.5. The van der Waals surface area contributed by atoms with Crippen molar-refractivity contribution in [1.82, 2.24) is 20.4 Å². The molecule has 1 saturated carbocycles. The highest BCUT2D eigenvalue weighted by atomic mass is 16.6. The molecule has 8 nitrogen and oxygen atoms in total. The third-order valence-corrected chi connectivity index (χ3v) is 7.26. The lowest BCUT2D eigenvalue weighted by Gasteiger charge is -2.35. The second-order valence-corrected chi connectivity index (χ2v) is 11.5. The largest absolute Gasteiger partial charge is 0.444 e. The van der Waals surface area contributed by atoms with Gasteiger partial charge in [-0.15, -0.1) is 0 Å². The van der Waals surface area contributed by atoms with E-state index in [-0.39, 0.29) is 30.3 Å². The molecule has 1 aromatic carbocycles. The number of likely N-dealkylation sites (N-methyl/N-ethyl adjacent to an activating group) is 1. The van der Waals surface area contributed by atoms with Crippen LogP contribution in [0.15, 0.2) is 30.3 Å². The molecule has 37 heavy (non-hydrogen) atoms. The summed E-state index contributed by atoms with van der Waals surface area (Å²) in [4.78, 5) is 42.4. The lowest BCUT2D eigenvalue weighted by molar-refractivity contribution is -0.139. The molecule has 1 heterocycles. The van der Waals surface area contributed by atoms with E-state index < -0.39 is 17.7 Å². The molecule has 1 aliphatic carbocycles. The predicted octanol–water partition coefficient (Wildman–Crippen LogP) is 3.74. The molecule has 0 aromatic heterocycles. The predicted molar refractivity (Wildman–Crippen MR) is 145 cm³/mol. The molecular formula is C29H46N4O4. The van der Waals surface area contributed by atoms with Crippen LogP contribution in [-0.2, 0) is 20.7 Å². The Labute approximate surface area is 222 Å². The molecule has 2 aliphatic rings. The quantitative estimate of drug-likeness (QED) is 0.464. The molecule has 2 fully saturated rings. The van der Waals surface area contributed by atoms with Crippen LogP contribution in [0.1, 0.15) is 71.3 Å². The second kappa shape index (κ2) is 13.8. The Bertz CT molecular complexity index is 880. The zero-order valence-electron chi connectivity index (χ0n) is 23.1. The van der Waals surface area contributed by atoms with Gasteiger partial charge in [-0.1, -0.05) is 49.6 Å². The minimum absolute atomic E-state index is 0.0209. The average molecular weight is 515 g/mol. The summed E-state index contributed by atoms with van der Waals surface area (Å²) in [6.45, 7) is 7.57. The van der Waals surface area contributed by atoms with Crippen molar-refractivity contribution in [3.63, 3.8) is 0 Å². The number of carbonyl (C=O) groups excluding carboxylic acids is 3. The van der Waals surface area contributed by atoms with Crippen LogP contribution >= 0.6 is 0 Å². The van der Waals surface area contributed by atoms with Crippen molar-refractivity contribution in [3.05, 3.63) is 35.9 Å². The SMILES string of the molecule is CN(CC(=O)N[C@H](C(=O)N1CCC[C@H]1CNCCc1ccccc1)C1CCCCC1)C(=O)OC(C)(C)C. The van der Waals surface area contributed by atoms with E-state index >= 15 is 0 Å². The summed E-state index contributed by atoms with van der Waals surface area (Å²) < 4.78 is 5.36. The van der Waals surface area contributed by atoms with Crippen LogP contribution in [0.25, 0.3) is 0 Å². The Balaban J connectivity index is 1.58. The van der Waals surface area contributed by atoms with Crippen LogP contribution in [0.5, 0.6) is 0 Å². The average Bonchev–Trinajstić information content (AvgIpc) is 3.33. The maximum absolute atomic E-state index is 13.8. The molecule has 1 saturated heterocycles. The molecule has 2 atom stereocenters. The van der Waals surface area contributed by atoms with Crippen LogP contribution < -0.4 is 10.6 Å². The van der Waals surface area contributed by atoms with Crippen molar-refractivity contribution in [3.8, 4) is 0 Å². The topological polar surface area (TPSA) is 91.0 Å². The van der Waals surface area contributed by atoms with Crippen molar-refractivity contribution < 1.29 is 19.1 Å². The number of likely N-dealkylation sites (tertiary alicyclic amines) is 1. The van der Waals surface area contributed by atoms with Crippen LogP contribution in [-0.4, -0.2) is 78.6 Å². The standard InChI is InChI=1S/C29H46N4O4/c1-29(2,3)37-28(36)32(4)21-25(34)31-26(23-14-9-6-10-15-23)27(35)33-19-11-16-24(33)20-30-18-17-22-12-7-5-8-13-22/h5,7-8,12-13,23-24,26,30H,6,9-11,14-21H2,1-4H3,(H,31,34)/t24-,26-/m0/s1. The van der Waals surface area contributed by atoms with E-state index in [0.717, 1.165) is 64.6 Å². The van der Waals surface area contributed by atoms with Crippen LogP contribution in [0.2, 0.25) is 0 Å². The lowest BCUT2D eigenvalue weighted by Crippen LogP contribution is -2.56. The summed E-state index contributed by atoms with van der Waals surface area (Å²) in [6, 6.07) is 9.97. The summed E-state index contributed by atoms with van der Waals surface area (Å²) in [6.07, 6.45) is 7.54. The van der Waals surface area contributed by atoms with E-state index in [2.05, 4.69) is 34.9 Å². The van der Waals surface area contributed by atoms with Crippen LogP contribution in [0.3, 0.4) is 0 Å². The molecule has 1 aromatic rings. The van der Waals surface area contributed by atoms with Gasteiger partial charge in [-0.3, -0.25) is 9.59 Å². The number of hydrogen-bond acceptors (Lipinski definition) is 5. The van der Waals surface area contributed by atoms with Gasteiger partial charge in [0.25, 0.3) is 0 Å². The first-order chi connectivity index (χ1) is 17.6. The monoisotopic (exact) mass is 514 g/mol. The van der Waals surface area contributed by atoms with Gasteiger partial charge in [0.15, 0.2) is 0 Å². The van der Waals surface area contributed by atoms with Crippen LogP contribution in [0, 0.1) is 5.92 Å². The Morgan fingerprint density at radius 1 is 1.05 bits per heavy atom. The van der Waals surface area contributed by atoms with Gasteiger partial charge in [-0.25, -0.2) is 4.79 Å². The smallest absolute Gasteiger partial charge is 0.410 e. The number of benzene rings is 1. The van der Waals surface area contributed by atoms with Crippen molar-refractivity contribution >= 4 is 17.9 Å². The fourth-order valence-corrected chi connectivity index (χ4v) is 5.35. The van der Waals surface area contributed by atoms with Gasteiger partial charge in [0.1, 0.15) is 18.2 Å². The highest BCUT2D eigenvalue weighted by Crippen LogP contribution is 2.29. The van der Waals surface area contributed by atoms with E-state index in [0.29, 0.717) is 0 Å². The molecule has 206 valence electrons. The molecule has 0 unspecified atom stereocenters. The van der Waals surface area contributed by atoms with Crippen molar-refractivity contribution in [2.24, 2.45) is 5.92 Å². The summed E-state index contributed by atoms with van der Waals surface area (Å²) in [5.74, 6) is -0.175. The third-order valence-electron chi connectivity index (χ3n) is 7.26. The van der Waals surface area contributed by atoms with Gasteiger partial charge in [-0.2, -0.15) is 0 Å². The minimum Gasteiger partial charge on any atom is -0.444 e. The highest BCUT2D eigenvalue weighted by molar-refractivity contribution is 5.90. The van der Waals surface area contributed by atoms with Crippen molar-refractivity contribution in [2.75, 3.05) is 33.2 Å². The first-order valence-electron chi connectivity index (χ1n) is 13.9. The maximum Gasteiger partial charge on any atom is 0.410 e. The highest BCUT2D eigenvalue weighted by Gasteiger charge is 2.38. The number of hydrogen-bond donors (Lipinski definition) is 2. The van der Waals surface area contributed by atoms with Gasteiger partial charge >= 0.3 is 6.09 Å². The number of rotatable bonds is 10. The number of nitrogens with one attached hydrogen (secondary N) is 2. The molecule has 2 N–H and O–H groups in total. The Kier molecular flexibility index (Phi) is 10.8. The number of nitrogens with zero attached hydrogens (tertiary/aromatic N) is 2. The van der Waals surface area contributed by atoms with Gasteiger partial charge in [0.2, 0.25) is 11.8 Å². The van der Waals surface area contributed by atoms with E-state index in [1.807, 2.05) is 11.0 Å². The van der Waals surface area contributed by atoms with Crippen molar-refractivity contribution in [1.29, 1.82) is 0 Å². The van der Waals surface area contributed by atoms with Gasteiger partial charge in [0.05, 0.1) is 0 Å².